The van der Waals surface area contributed by atoms with E-state index in [0.29, 0.717) is 10.8 Å². The molecule has 0 amide bonds. The van der Waals surface area contributed by atoms with Crippen LogP contribution in [0, 0.1) is 28.6 Å². The number of allylic oxidation sites excluding steroid dienone is 6. The molecule has 0 aliphatic heterocycles. The van der Waals surface area contributed by atoms with E-state index in [0.717, 1.165) is 17.8 Å². The Hall–Kier alpha value is -0.780. The minimum atomic E-state index is 0.335. The van der Waals surface area contributed by atoms with Crippen LogP contribution < -0.4 is 0 Å². The van der Waals surface area contributed by atoms with Crippen LogP contribution in [0.2, 0.25) is 0 Å². The van der Waals surface area contributed by atoms with Crippen LogP contribution in [-0.2, 0) is 0 Å². The molecular formula is C19H26. The van der Waals surface area contributed by atoms with Crippen molar-refractivity contribution in [3.8, 4) is 0 Å². The molecule has 2 saturated carbocycles. The van der Waals surface area contributed by atoms with Gasteiger partial charge in [-0.15, -0.1) is 0 Å². The van der Waals surface area contributed by atoms with E-state index in [1.807, 2.05) is 0 Å². The maximum absolute atomic E-state index is 2.58. The van der Waals surface area contributed by atoms with Gasteiger partial charge in [0.1, 0.15) is 0 Å². The number of hydrogen-bond acceptors (Lipinski definition) is 0. The summed E-state index contributed by atoms with van der Waals surface area (Å²) in [7, 11) is 0. The van der Waals surface area contributed by atoms with Crippen molar-refractivity contribution >= 4 is 0 Å². The predicted molar refractivity (Wildman–Crippen MR) is 80.7 cm³/mol. The van der Waals surface area contributed by atoms with E-state index in [2.05, 4.69) is 44.2 Å². The molecule has 0 aromatic rings. The quantitative estimate of drug-likeness (QED) is 0.551. The van der Waals surface area contributed by atoms with E-state index in [-0.39, 0.29) is 0 Å². The van der Waals surface area contributed by atoms with Gasteiger partial charge in [0.05, 0.1) is 0 Å². The van der Waals surface area contributed by atoms with Crippen molar-refractivity contribution in [2.45, 2.75) is 52.4 Å². The summed E-state index contributed by atoms with van der Waals surface area (Å²) in [6.45, 7) is 5.08. The Kier molecular flexibility index (Phi) is 2.44. The fourth-order valence-electron chi connectivity index (χ4n) is 5.93. The summed E-state index contributed by atoms with van der Waals surface area (Å²) in [4.78, 5) is 0. The Morgan fingerprint density at radius 3 is 2.84 bits per heavy atom. The van der Waals surface area contributed by atoms with Crippen LogP contribution >= 0.6 is 0 Å². The molecule has 2 fully saturated rings. The Morgan fingerprint density at radius 2 is 1.95 bits per heavy atom. The molecule has 102 valence electrons. The van der Waals surface area contributed by atoms with Gasteiger partial charge in [-0.1, -0.05) is 50.6 Å². The van der Waals surface area contributed by atoms with E-state index in [1.165, 1.54) is 38.5 Å². The van der Waals surface area contributed by atoms with Gasteiger partial charge in [-0.3, -0.25) is 0 Å². The molecule has 4 aliphatic carbocycles. The predicted octanol–water partition coefficient (Wildman–Crippen LogP) is 5.28. The molecule has 19 heavy (non-hydrogen) atoms. The highest BCUT2D eigenvalue weighted by molar-refractivity contribution is 5.41. The molecule has 0 nitrogen and oxygen atoms in total. The van der Waals surface area contributed by atoms with Gasteiger partial charge >= 0.3 is 0 Å². The summed E-state index contributed by atoms with van der Waals surface area (Å²) in [6.07, 6.45) is 20.6. The molecule has 0 heterocycles. The molecule has 0 saturated heterocycles. The summed E-state index contributed by atoms with van der Waals surface area (Å²) in [5.41, 5.74) is 2.61. The molecule has 0 aromatic carbocycles. The van der Waals surface area contributed by atoms with Crippen LogP contribution in [0.1, 0.15) is 52.4 Å². The summed E-state index contributed by atoms with van der Waals surface area (Å²) in [5.74, 6) is 2.84. The van der Waals surface area contributed by atoms with Crippen molar-refractivity contribution in [2.75, 3.05) is 0 Å². The monoisotopic (exact) mass is 254 g/mol. The van der Waals surface area contributed by atoms with E-state index in [1.54, 1.807) is 5.57 Å². The maximum Gasteiger partial charge on any atom is 0.0135 e. The Balaban J connectivity index is 1.75. The highest BCUT2D eigenvalue weighted by Gasteiger charge is 2.54. The van der Waals surface area contributed by atoms with Gasteiger partial charge in [0.15, 0.2) is 0 Å². The number of hydrogen-bond donors (Lipinski definition) is 0. The first kappa shape index (κ1) is 12.0. The topological polar surface area (TPSA) is 0 Å². The van der Waals surface area contributed by atoms with Gasteiger partial charge in [-0.25, -0.2) is 0 Å². The zero-order chi connectivity index (χ0) is 13.1. The van der Waals surface area contributed by atoms with Crippen LogP contribution in [0.15, 0.2) is 36.0 Å². The third kappa shape index (κ3) is 1.52. The molecule has 4 aliphatic rings. The molecule has 0 bridgehead atoms. The van der Waals surface area contributed by atoms with Gasteiger partial charge in [0.2, 0.25) is 0 Å². The second-order valence-electron chi connectivity index (χ2n) is 7.86. The van der Waals surface area contributed by atoms with Crippen LogP contribution in [0.3, 0.4) is 0 Å². The first-order valence-corrected chi connectivity index (χ1v) is 8.20. The fraction of sp³-hybridized carbons (Fsp3) is 0.684. The van der Waals surface area contributed by atoms with Gasteiger partial charge < -0.3 is 0 Å². The Bertz CT molecular complexity index is 480. The fourth-order valence-corrected chi connectivity index (χ4v) is 5.93. The van der Waals surface area contributed by atoms with Crippen LogP contribution in [0.25, 0.3) is 0 Å². The van der Waals surface area contributed by atoms with Crippen LogP contribution in [0.5, 0.6) is 0 Å². The lowest BCUT2D eigenvalue weighted by molar-refractivity contribution is 0.000446. The average Bonchev–Trinajstić information content (AvgIpc) is 2.79. The molecule has 0 aromatic heterocycles. The summed E-state index contributed by atoms with van der Waals surface area (Å²) < 4.78 is 0. The maximum atomic E-state index is 2.58. The molecule has 4 rings (SSSR count). The third-order valence-corrected chi connectivity index (χ3v) is 7.05. The standard InChI is InChI=1S/C19H26/c1-18-11-5-7-16(18)15-9-8-14-6-3-4-12-19(14,2)17(15)10-13-18/h3-4,6,8,12,15-17H,5,7,9-11,13H2,1-2H3/t15-,16-,17+,18-,19-/m0/s1. The largest absolute Gasteiger partial charge is 0.0801 e. The van der Waals surface area contributed by atoms with Crippen molar-refractivity contribution in [2.24, 2.45) is 28.6 Å². The van der Waals surface area contributed by atoms with Crippen molar-refractivity contribution < 1.29 is 0 Å². The van der Waals surface area contributed by atoms with E-state index in [9.17, 15) is 0 Å². The number of rotatable bonds is 0. The Morgan fingerprint density at radius 1 is 1.05 bits per heavy atom. The van der Waals surface area contributed by atoms with Crippen molar-refractivity contribution in [1.82, 2.24) is 0 Å². The lowest BCUT2D eigenvalue weighted by Gasteiger charge is -2.54. The molecule has 0 heteroatoms. The second kappa shape index (κ2) is 3.87. The van der Waals surface area contributed by atoms with Gasteiger partial charge in [-0.05, 0) is 60.8 Å². The summed E-state index contributed by atoms with van der Waals surface area (Å²) >= 11 is 0. The first-order chi connectivity index (χ1) is 9.13. The SMILES string of the molecule is C[C@@]12CCC[C@H]1[C@@H]1CC=C3C=CC=C[C@]3(C)[C@@H]1CC2. The second-order valence-corrected chi connectivity index (χ2v) is 7.86. The highest BCUT2D eigenvalue weighted by Crippen LogP contribution is 2.63. The van der Waals surface area contributed by atoms with Crippen LogP contribution in [-0.4, -0.2) is 0 Å². The molecule has 0 N–H and O–H groups in total. The molecule has 0 radical (unpaired) electrons. The molecule has 0 spiro atoms. The number of fused-ring (bicyclic) bond motifs is 5. The molecule has 0 unspecified atom stereocenters. The van der Waals surface area contributed by atoms with Gasteiger partial charge in [0, 0.05) is 5.41 Å². The summed E-state index contributed by atoms with van der Waals surface area (Å²) in [6, 6.07) is 0. The van der Waals surface area contributed by atoms with Gasteiger partial charge in [0.25, 0.3) is 0 Å². The normalized spacial score (nSPS) is 51.3. The van der Waals surface area contributed by atoms with Gasteiger partial charge in [-0.2, -0.15) is 0 Å². The molecule has 5 atom stereocenters. The van der Waals surface area contributed by atoms with E-state index in [4.69, 9.17) is 0 Å². The van der Waals surface area contributed by atoms with Crippen molar-refractivity contribution in [3.63, 3.8) is 0 Å². The third-order valence-electron chi connectivity index (χ3n) is 7.05. The zero-order valence-electron chi connectivity index (χ0n) is 12.4. The zero-order valence-corrected chi connectivity index (χ0v) is 12.4. The smallest absolute Gasteiger partial charge is 0.0135 e. The lowest BCUT2D eigenvalue weighted by atomic mass is 9.50. The average molecular weight is 254 g/mol. The first-order valence-electron chi connectivity index (χ1n) is 8.20. The van der Waals surface area contributed by atoms with Crippen molar-refractivity contribution in [1.29, 1.82) is 0 Å². The van der Waals surface area contributed by atoms with Crippen LogP contribution in [0.4, 0.5) is 0 Å². The highest BCUT2D eigenvalue weighted by atomic mass is 14.6. The Labute approximate surface area is 117 Å². The van der Waals surface area contributed by atoms with E-state index >= 15 is 0 Å². The van der Waals surface area contributed by atoms with Crippen molar-refractivity contribution in [3.05, 3.63) is 36.0 Å². The van der Waals surface area contributed by atoms with E-state index < -0.39 is 0 Å². The minimum Gasteiger partial charge on any atom is -0.0801 e. The lowest BCUT2D eigenvalue weighted by Crippen LogP contribution is -2.46. The molecular weight excluding hydrogens is 228 g/mol. The summed E-state index contributed by atoms with van der Waals surface area (Å²) in [5, 5.41) is 0. The minimum absolute atomic E-state index is 0.335.